The standard InChI is InChI=1S/C14H18S/c1-4-5-6-12(2)11-13-7-9-14(15-3)10-8-13/h7-10,12H,4,11H2,1-3H3. The number of hydrogen-bond donors (Lipinski definition) is 0. The number of hydrogen-bond acceptors (Lipinski definition) is 1. The van der Waals surface area contributed by atoms with Gasteiger partial charge in [0.15, 0.2) is 0 Å². The molecule has 0 spiro atoms. The van der Waals surface area contributed by atoms with Crippen LogP contribution in [0.25, 0.3) is 0 Å². The lowest BCUT2D eigenvalue weighted by Gasteiger charge is -2.04. The molecule has 15 heavy (non-hydrogen) atoms. The fourth-order valence-electron chi connectivity index (χ4n) is 1.44. The lowest BCUT2D eigenvalue weighted by Crippen LogP contribution is -1.96. The van der Waals surface area contributed by atoms with Crippen LogP contribution in [0.5, 0.6) is 0 Å². The minimum atomic E-state index is 0.463. The van der Waals surface area contributed by atoms with Crippen LogP contribution in [0.3, 0.4) is 0 Å². The number of thioether (sulfide) groups is 1. The summed E-state index contributed by atoms with van der Waals surface area (Å²) < 4.78 is 0. The van der Waals surface area contributed by atoms with E-state index in [-0.39, 0.29) is 0 Å². The Balaban J connectivity index is 2.57. The zero-order chi connectivity index (χ0) is 11.1. The summed E-state index contributed by atoms with van der Waals surface area (Å²) in [6.45, 7) is 4.28. The van der Waals surface area contributed by atoms with Gasteiger partial charge in [-0.15, -0.1) is 17.7 Å². The summed E-state index contributed by atoms with van der Waals surface area (Å²) in [6, 6.07) is 8.77. The molecule has 0 aromatic heterocycles. The molecular weight excluding hydrogens is 200 g/mol. The highest BCUT2D eigenvalue weighted by atomic mass is 32.2. The maximum absolute atomic E-state index is 3.25. The fraction of sp³-hybridized carbons (Fsp3) is 0.429. The summed E-state index contributed by atoms with van der Waals surface area (Å²) >= 11 is 1.78. The molecule has 1 aromatic rings. The molecule has 0 saturated heterocycles. The predicted molar refractivity (Wildman–Crippen MR) is 69.2 cm³/mol. The van der Waals surface area contributed by atoms with Crippen LogP contribution in [0, 0.1) is 17.8 Å². The van der Waals surface area contributed by atoms with E-state index in [2.05, 4.69) is 56.2 Å². The summed E-state index contributed by atoms with van der Waals surface area (Å²) in [5.41, 5.74) is 1.38. The molecule has 0 aliphatic heterocycles. The Morgan fingerprint density at radius 3 is 2.47 bits per heavy atom. The Labute approximate surface area is 97.5 Å². The number of rotatable bonds is 3. The van der Waals surface area contributed by atoms with Gasteiger partial charge in [-0.05, 0) is 30.4 Å². The van der Waals surface area contributed by atoms with E-state index in [9.17, 15) is 0 Å². The lowest BCUT2D eigenvalue weighted by molar-refractivity contribution is 0.749. The van der Waals surface area contributed by atoms with Crippen molar-refractivity contribution in [2.24, 2.45) is 5.92 Å². The second kappa shape index (κ2) is 6.58. The topological polar surface area (TPSA) is 0 Å². The van der Waals surface area contributed by atoms with Crippen molar-refractivity contribution in [1.82, 2.24) is 0 Å². The van der Waals surface area contributed by atoms with Crippen LogP contribution in [0.4, 0.5) is 0 Å². The highest BCUT2D eigenvalue weighted by Gasteiger charge is 1.99. The van der Waals surface area contributed by atoms with Crippen molar-refractivity contribution in [3.05, 3.63) is 29.8 Å². The van der Waals surface area contributed by atoms with Gasteiger partial charge >= 0.3 is 0 Å². The van der Waals surface area contributed by atoms with Crippen molar-refractivity contribution in [3.63, 3.8) is 0 Å². The molecule has 0 bridgehead atoms. The smallest absolute Gasteiger partial charge is 0.0214 e. The molecule has 1 atom stereocenters. The van der Waals surface area contributed by atoms with Gasteiger partial charge in [-0.2, -0.15) is 0 Å². The van der Waals surface area contributed by atoms with Gasteiger partial charge in [0.2, 0.25) is 0 Å². The molecule has 1 rings (SSSR count). The van der Waals surface area contributed by atoms with Crippen molar-refractivity contribution < 1.29 is 0 Å². The third-order valence-corrected chi connectivity index (χ3v) is 2.97. The van der Waals surface area contributed by atoms with E-state index in [1.807, 2.05) is 0 Å². The van der Waals surface area contributed by atoms with Gasteiger partial charge < -0.3 is 0 Å². The third-order valence-electron chi connectivity index (χ3n) is 2.23. The first-order valence-electron chi connectivity index (χ1n) is 5.37. The van der Waals surface area contributed by atoms with E-state index >= 15 is 0 Å². The quantitative estimate of drug-likeness (QED) is 0.546. The molecule has 0 heterocycles. The van der Waals surface area contributed by atoms with Crippen molar-refractivity contribution in [2.75, 3.05) is 6.26 Å². The zero-order valence-electron chi connectivity index (χ0n) is 9.71. The van der Waals surface area contributed by atoms with Crippen LogP contribution in [0.1, 0.15) is 25.8 Å². The Hall–Kier alpha value is -0.870. The normalized spacial score (nSPS) is 11.7. The summed E-state index contributed by atoms with van der Waals surface area (Å²) in [5, 5.41) is 0. The van der Waals surface area contributed by atoms with Crippen molar-refractivity contribution in [1.29, 1.82) is 0 Å². The Bertz CT molecular complexity index is 340. The molecule has 0 fully saturated rings. The third kappa shape index (κ3) is 4.44. The van der Waals surface area contributed by atoms with Gasteiger partial charge in [-0.1, -0.05) is 31.9 Å². The Kier molecular flexibility index (Phi) is 5.36. The first kappa shape index (κ1) is 12.2. The minimum absolute atomic E-state index is 0.463. The molecule has 0 saturated carbocycles. The minimum Gasteiger partial charge on any atom is -0.130 e. The summed E-state index contributed by atoms with van der Waals surface area (Å²) in [5.74, 6) is 6.85. The molecule has 80 valence electrons. The number of benzene rings is 1. The molecule has 0 aliphatic carbocycles. The summed E-state index contributed by atoms with van der Waals surface area (Å²) in [4.78, 5) is 1.33. The molecule has 1 unspecified atom stereocenters. The van der Waals surface area contributed by atoms with Crippen molar-refractivity contribution in [3.8, 4) is 11.8 Å². The van der Waals surface area contributed by atoms with Crippen LogP contribution < -0.4 is 0 Å². The van der Waals surface area contributed by atoms with Gasteiger partial charge in [-0.25, -0.2) is 0 Å². The average molecular weight is 218 g/mol. The van der Waals surface area contributed by atoms with Crippen LogP contribution in [-0.4, -0.2) is 6.26 Å². The monoisotopic (exact) mass is 218 g/mol. The Morgan fingerprint density at radius 1 is 1.27 bits per heavy atom. The second-order valence-corrected chi connectivity index (χ2v) is 4.51. The molecule has 1 aromatic carbocycles. The maximum Gasteiger partial charge on any atom is 0.0214 e. The maximum atomic E-state index is 3.25. The molecule has 1 heteroatoms. The molecule has 0 N–H and O–H groups in total. The first-order valence-corrected chi connectivity index (χ1v) is 6.60. The largest absolute Gasteiger partial charge is 0.130 e. The van der Waals surface area contributed by atoms with E-state index < -0.39 is 0 Å². The SMILES string of the molecule is CCC#CC(C)Cc1ccc(SC)cc1. The average Bonchev–Trinajstić information content (AvgIpc) is 2.27. The molecule has 0 aliphatic rings. The van der Waals surface area contributed by atoms with Crippen LogP contribution in [-0.2, 0) is 6.42 Å². The van der Waals surface area contributed by atoms with Gasteiger partial charge in [-0.3, -0.25) is 0 Å². The highest BCUT2D eigenvalue weighted by molar-refractivity contribution is 7.98. The Morgan fingerprint density at radius 2 is 1.93 bits per heavy atom. The van der Waals surface area contributed by atoms with Crippen molar-refractivity contribution >= 4 is 11.8 Å². The predicted octanol–water partition coefficient (Wildman–Crippen LogP) is 4.00. The zero-order valence-corrected chi connectivity index (χ0v) is 10.5. The van der Waals surface area contributed by atoms with E-state index in [1.54, 1.807) is 11.8 Å². The van der Waals surface area contributed by atoms with E-state index in [0.717, 1.165) is 12.8 Å². The molecule has 0 nitrogen and oxygen atoms in total. The molecule has 0 amide bonds. The summed E-state index contributed by atoms with van der Waals surface area (Å²) in [7, 11) is 0. The van der Waals surface area contributed by atoms with E-state index in [1.165, 1.54) is 10.5 Å². The van der Waals surface area contributed by atoms with E-state index in [0.29, 0.717) is 5.92 Å². The lowest BCUT2D eigenvalue weighted by atomic mass is 10.0. The van der Waals surface area contributed by atoms with Gasteiger partial charge in [0.1, 0.15) is 0 Å². The molecular formula is C14H18S. The van der Waals surface area contributed by atoms with Gasteiger partial charge in [0.25, 0.3) is 0 Å². The van der Waals surface area contributed by atoms with Crippen molar-refractivity contribution in [2.45, 2.75) is 31.6 Å². The summed E-state index contributed by atoms with van der Waals surface area (Å²) in [6.07, 6.45) is 4.11. The van der Waals surface area contributed by atoms with Crippen LogP contribution in [0.2, 0.25) is 0 Å². The first-order chi connectivity index (χ1) is 7.26. The molecule has 0 radical (unpaired) electrons. The van der Waals surface area contributed by atoms with Gasteiger partial charge in [0.05, 0.1) is 0 Å². The van der Waals surface area contributed by atoms with Gasteiger partial charge in [0, 0.05) is 17.2 Å². The van der Waals surface area contributed by atoms with Crippen LogP contribution >= 0.6 is 11.8 Å². The van der Waals surface area contributed by atoms with E-state index in [4.69, 9.17) is 0 Å². The fourth-order valence-corrected chi connectivity index (χ4v) is 1.85. The highest BCUT2D eigenvalue weighted by Crippen LogP contribution is 2.16. The second-order valence-electron chi connectivity index (χ2n) is 3.63. The van der Waals surface area contributed by atoms with Crippen LogP contribution in [0.15, 0.2) is 29.2 Å².